The first kappa shape index (κ1) is 12.7. The van der Waals surface area contributed by atoms with E-state index in [-0.39, 0.29) is 11.5 Å². The van der Waals surface area contributed by atoms with Gasteiger partial charge in [0.15, 0.2) is 6.10 Å². The normalized spacial score (nSPS) is 13.9. The quantitative estimate of drug-likeness (QED) is 0.524. The summed E-state index contributed by atoms with van der Waals surface area (Å²) in [6.07, 6.45) is -0.665. The van der Waals surface area contributed by atoms with Gasteiger partial charge in [-0.3, -0.25) is 0 Å². The summed E-state index contributed by atoms with van der Waals surface area (Å²) in [6, 6.07) is 0. The minimum Gasteiger partial charge on any atom is -0.464 e. The number of hydrogen-bond donors (Lipinski definition) is 0. The maximum Gasteiger partial charge on any atom is 0.336 e. The molecule has 0 amide bonds. The topological polar surface area (TPSA) is 35.5 Å². The molecule has 4 heteroatoms. The maximum absolute atomic E-state index is 11.2. The van der Waals surface area contributed by atoms with E-state index in [4.69, 9.17) is 21.1 Å². The molecular weight excluding hydrogens is 192 g/mol. The highest BCUT2D eigenvalue weighted by atomic mass is 35.5. The van der Waals surface area contributed by atoms with E-state index in [2.05, 4.69) is 0 Å². The summed E-state index contributed by atoms with van der Waals surface area (Å²) < 4.78 is 10.2. The summed E-state index contributed by atoms with van der Waals surface area (Å²) in [5.74, 6) is -0.275. The Kier molecular flexibility index (Phi) is 5.33. The number of carbonyl (C=O) groups is 1. The number of ether oxygens (including phenoxy) is 2. The van der Waals surface area contributed by atoms with Gasteiger partial charge in [0.25, 0.3) is 0 Å². The predicted octanol–water partition coefficient (Wildman–Crippen LogP) is 1.97. The van der Waals surface area contributed by atoms with Gasteiger partial charge in [-0.25, -0.2) is 4.79 Å². The summed E-state index contributed by atoms with van der Waals surface area (Å²) in [4.78, 5) is 11.2. The lowest BCUT2D eigenvalue weighted by atomic mass is 10.2. The van der Waals surface area contributed by atoms with E-state index in [1.54, 1.807) is 6.92 Å². The molecule has 0 N–H and O–H groups in total. The van der Waals surface area contributed by atoms with Crippen LogP contribution in [0.5, 0.6) is 0 Å². The molecule has 0 heterocycles. The van der Waals surface area contributed by atoms with Crippen molar-refractivity contribution in [3.63, 3.8) is 0 Å². The van der Waals surface area contributed by atoms with Crippen molar-refractivity contribution in [2.24, 2.45) is 0 Å². The van der Waals surface area contributed by atoms with Crippen LogP contribution in [0.4, 0.5) is 0 Å². The molecule has 1 atom stereocenters. The summed E-state index contributed by atoms with van der Waals surface area (Å²) >= 11 is 5.58. The fraction of sp³-hybridized carbons (Fsp3) is 0.889. The fourth-order valence-corrected chi connectivity index (χ4v) is 0.994. The fourth-order valence-electron chi connectivity index (χ4n) is 0.805. The van der Waals surface area contributed by atoms with Crippen LogP contribution in [-0.2, 0) is 14.3 Å². The van der Waals surface area contributed by atoms with Crippen molar-refractivity contribution in [3.05, 3.63) is 0 Å². The Morgan fingerprint density at radius 1 is 1.46 bits per heavy atom. The van der Waals surface area contributed by atoms with E-state index >= 15 is 0 Å². The third kappa shape index (κ3) is 5.88. The molecule has 0 rings (SSSR count). The SMILES string of the molecule is CCOC(=O)C(CCl)OC(C)(C)C. The Morgan fingerprint density at radius 3 is 2.31 bits per heavy atom. The summed E-state index contributed by atoms with van der Waals surface area (Å²) in [7, 11) is 0. The van der Waals surface area contributed by atoms with Gasteiger partial charge in [0.2, 0.25) is 0 Å². The Labute approximate surface area is 84.4 Å². The van der Waals surface area contributed by atoms with E-state index in [0.717, 1.165) is 0 Å². The van der Waals surface area contributed by atoms with Gasteiger partial charge in [0.1, 0.15) is 0 Å². The molecule has 0 spiro atoms. The second kappa shape index (κ2) is 5.45. The summed E-state index contributed by atoms with van der Waals surface area (Å²) in [6.45, 7) is 7.70. The van der Waals surface area contributed by atoms with Crippen molar-refractivity contribution in [1.29, 1.82) is 0 Å². The van der Waals surface area contributed by atoms with Gasteiger partial charge >= 0.3 is 5.97 Å². The molecule has 0 radical (unpaired) electrons. The molecule has 0 saturated carbocycles. The van der Waals surface area contributed by atoms with Crippen molar-refractivity contribution in [2.75, 3.05) is 12.5 Å². The highest BCUT2D eigenvalue weighted by molar-refractivity contribution is 6.19. The van der Waals surface area contributed by atoms with Crippen molar-refractivity contribution < 1.29 is 14.3 Å². The van der Waals surface area contributed by atoms with Gasteiger partial charge in [-0.1, -0.05) is 0 Å². The zero-order valence-electron chi connectivity index (χ0n) is 8.59. The Hall–Kier alpha value is -0.280. The zero-order valence-corrected chi connectivity index (χ0v) is 9.35. The lowest BCUT2D eigenvalue weighted by molar-refractivity contribution is -0.163. The number of esters is 1. The third-order valence-electron chi connectivity index (χ3n) is 1.19. The van der Waals surface area contributed by atoms with Gasteiger partial charge in [0.05, 0.1) is 18.1 Å². The van der Waals surface area contributed by atoms with Crippen molar-refractivity contribution in [1.82, 2.24) is 0 Å². The average Bonchev–Trinajstić information content (AvgIpc) is 1.99. The summed E-state index contributed by atoms with van der Waals surface area (Å²) in [5.41, 5.74) is -0.383. The molecular formula is C9H17ClO3. The number of rotatable bonds is 4. The van der Waals surface area contributed by atoms with Crippen LogP contribution in [0.3, 0.4) is 0 Å². The van der Waals surface area contributed by atoms with Crippen LogP contribution in [0.2, 0.25) is 0 Å². The monoisotopic (exact) mass is 208 g/mol. The molecule has 0 fully saturated rings. The van der Waals surface area contributed by atoms with Crippen LogP contribution < -0.4 is 0 Å². The number of hydrogen-bond acceptors (Lipinski definition) is 3. The zero-order chi connectivity index (χ0) is 10.5. The maximum atomic E-state index is 11.2. The molecule has 0 aliphatic rings. The highest BCUT2D eigenvalue weighted by Gasteiger charge is 2.25. The molecule has 3 nitrogen and oxygen atoms in total. The first-order valence-electron chi connectivity index (χ1n) is 4.31. The minimum atomic E-state index is -0.665. The Bertz CT molecular complexity index is 163. The van der Waals surface area contributed by atoms with Gasteiger partial charge in [0, 0.05) is 0 Å². The lowest BCUT2D eigenvalue weighted by Crippen LogP contribution is -2.35. The van der Waals surface area contributed by atoms with Crippen LogP contribution in [0.15, 0.2) is 0 Å². The molecule has 0 aliphatic carbocycles. The van der Waals surface area contributed by atoms with Crippen LogP contribution in [0.25, 0.3) is 0 Å². The van der Waals surface area contributed by atoms with Crippen LogP contribution in [0.1, 0.15) is 27.7 Å². The van der Waals surface area contributed by atoms with Crippen LogP contribution >= 0.6 is 11.6 Å². The molecule has 0 aromatic heterocycles. The molecule has 0 aromatic carbocycles. The van der Waals surface area contributed by atoms with Gasteiger partial charge < -0.3 is 9.47 Å². The summed E-state index contributed by atoms with van der Waals surface area (Å²) in [5, 5.41) is 0. The van der Waals surface area contributed by atoms with E-state index in [1.807, 2.05) is 20.8 Å². The van der Waals surface area contributed by atoms with E-state index in [9.17, 15) is 4.79 Å². The van der Waals surface area contributed by atoms with Crippen molar-refractivity contribution in [3.8, 4) is 0 Å². The standard InChI is InChI=1S/C9H17ClO3/c1-5-12-8(11)7(6-10)13-9(2,3)4/h7H,5-6H2,1-4H3. The van der Waals surface area contributed by atoms with Crippen LogP contribution in [0, 0.1) is 0 Å². The molecule has 0 bridgehead atoms. The molecule has 0 aromatic rings. The smallest absolute Gasteiger partial charge is 0.336 e. The average molecular weight is 209 g/mol. The first-order valence-corrected chi connectivity index (χ1v) is 4.84. The van der Waals surface area contributed by atoms with E-state index < -0.39 is 12.1 Å². The second-order valence-corrected chi connectivity index (χ2v) is 3.93. The van der Waals surface area contributed by atoms with E-state index in [0.29, 0.717) is 6.61 Å². The second-order valence-electron chi connectivity index (χ2n) is 3.63. The van der Waals surface area contributed by atoms with Gasteiger partial charge in [-0.15, -0.1) is 11.6 Å². The number of carbonyl (C=O) groups excluding carboxylic acids is 1. The van der Waals surface area contributed by atoms with Crippen molar-refractivity contribution in [2.45, 2.75) is 39.4 Å². The molecule has 78 valence electrons. The largest absolute Gasteiger partial charge is 0.464 e. The van der Waals surface area contributed by atoms with Crippen LogP contribution in [-0.4, -0.2) is 30.2 Å². The van der Waals surface area contributed by atoms with Crippen molar-refractivity contribution >= 4 is 17.6 Å². The molecule has 13 heavy (non-hydrogen) atoms. The third-order valence-corrected chi connectivity index (χ3v) is 1.47. The van der Waals surface area contributed by atoms with Gasteiger partial charge in [-0.05, 0) is 27.7 Å². The lowest BCUT2D eigenvalue weighted by Gasteiger charge is -2.24. The van der Waals surface area contributed by atoms with E-state index in [1.165, 1.54) is 0 Å². The number of alkyl halides is 1. The number of halogens is 1. The highest BCUT2D eigenvalue weighted by Crippen LogP contribution is 2.12. The first-order chi connectivity index (χ1) is 5.90. The van der Waals surface area contributed by atoms with Gasteiger partial charge in [-0.2, -0.15) is 0 Å². The molecule has 1 unspecified atom stereocenters. The molecule has 0 aliphatic heterocycles. The predicted molar refractivity (Wildman–Crippen MR) is 52.0 cm³/mol. The minimum absolute atomic E-state index is 0.121. The Balaban J connectivity index is 4.10. The Morgan fingerprint density at radius 2 is 2.00 bits per heavy atom. The molecule has 0 saturated heterocycles.